The van der Waals surface area contributed by atoms with E-state index in [-0.39, 0.29) is 5.54 Å². The average Bonchev–Trinajstić information content (AvgIpc) is 2.47. The summed E-state index contributed by atoms with van der Waals surface area (Å²) in [7, 11) is 0. The van der Waals surface area contributed by atoms with Gasteiger partial charge >= 0.3 is 0 Å². The van der Waals surface area contributed by atoms with Gasteiger partial charge in [-0.1, -0.05) is 33.3 Å². The molecular weight excluding hydrogens is 258 g/mol. The van der Waals surface area contributed by atoms with E-state index < -0.39 is 0 Å². The van der Waals surface area contributed by atoms with E-state index >= 15 is 0 Å². The molecule has 21 heavy (non-hydrogen) atoms. The molecule has 0 aromatic carbocycles. The Bertz CT molecular complexity index is 460. The maximum atomic E-state index is 4.70. The second-order valence-corrected chi connectivity index (χ2v) is 6.92. The second-order valence-electron chi connectivity index (χ2n) is 6.92. The van der Waals surface area contributed by atoms with Crippen LogP contribution in [-0.4, -0.2) is 34.6 Å². The SMILES string of the molecule is CCC(C)C1CNC(C)(CC)CN1Cc1cccc(C)n1. The van der Waals surface area contributed by atoms with Crippen LogP contribution in [0.1, 0.15) is 51.9 Å². The number of nitrogens with zero attached hydrogens (tertiary/aromatic N) is 2. The predicted molar refractivity (Wildman–Crippen MR) is 89.3 cm³/mol. The quantitative estimate of drug-likeness (QED) is 0.900. The highest BCUT2D eigenvalue weighted by molar-refractivity contribution is 5.11. The first-order chi connectivity index (χ1) is 9.97. The molecule has 3 unspecified atom stereocenters. The van der Waals surface area contributed by atoms with Gasteiger partial charge in [0.25, 0.3) is 0 Å². The maximum absolute atomic E-state index is 4.70. The van der Waals surface area contributed by atoms with Crippen LogP contribution in [0.4, 0.5) is 0 Å². The van der Waals surface area contributed by atoms with Gasteiger partial charge in [0.15, 0.2) is 0 Å². The van der Waals surface area contributed by atoms with E-state index in [4.69, 9.17) is 4.98 Å². The lowest BCUT2D eigenvalue weighted by molar-refractivity contribution is 0.0477. The number of hydrogen-bond acceptors (Lipinski definition) is 3. The third kappa shape index (κ3) is 4.04. The van der Waals surface area contributed by atoms with Crippen molar-refractivity contribution in [2.45, 2.75) is 65.6 Å². The fourth-order valence-corrected chi connectivity index (χ4v) is 3.24. The zero-order valence-electron chi connectivity index (χ0n) is 14.3. The molecule has 0 bridgehead atoms. The molecule has 0 amide bonds. The monoisotopic (exact) mass is 289 g/mol. The van der Waals surface area contributed by atoms with Gasteiger partial charge in [0.05, 0.1) is 5.69 Å². The smallest absolute Gasteiger partial charge is 0.0547 e. The number of aromatic nitrogens is 1. The molecule has 2 rings (SSSR count). The molecule has 3 heteroatoms. The lowest BCUT2D eigenvalue weighted by Gasteiger charge is -2.48. The maximum Gasteiger partial charge on any atom is 0.0547 e. The third-order valence-electron chi connectivity index (χ3n) is 5.15. The predicted octanol–water partition coefficient (Wildman–Crippen LogP) is 3.38. The molecule has 0 aliphatic carbocycles. The first-order valence-electron chi connectivity index (χ1n) is 8.39. The Morgan fingerprint density at radius 2 is 2.19 bits per heavy atom. The first kappa shape index (κ1) is 16.4. The van der Waals surface area contributed by atoms with E-state index in [0.29, 0.717) is 12.0 Å². The van der Waals surface area contributed by atoms with Crippen molar-refractivity contribution in [3.05, 3.63) is 29.6 Å². The summed E-state index contributed by atoms with van der Waals surface area (Å²) in [6.45, 7) is 14.5. The Hall–Kier alpha value is -0.930. The Kier molecular flexibility index (Phi) is 5.39. The highest BCUT2D eigenvalue weighted by atomic mass is 15.3. The largest absolute Gasteiger partial charge is 0.309 e. The highest BCUT2D eigenvalue weighted by Gasteiger charge is 2.36. The summed E-state index contributed by atoms with van der Waals surface area (Å²) in [6.07, 6.45) is 2.39. The molecule has 0 spiro atoms. The van der Waals surface area contributed by atoms with Crippen LogP contribution in [0, 0.1) is 12.8 Å². The van der Waals surface area contributed by atoms with Gasteiger partial charge in [-0.2, -0.15) is 0 Å². The minimum absolute atomic E-state index is 0.230. The first-order valence-corrected chi connectivity index (χ1v) is 8.39. The summed E-state index contributed by atoms with van der Waals surface area (Å²) in [5.41, 5.74) is 2.54. The van der Waals surface area contributed by atoms with E-state index in [1.54, 1.807) is 0 Å². The number of hydrogen-bond donors (Lipinski definition) is 1. The molecule has 1 aliphatic heterocycles. The summed E-state index contributed by atoms with van der Waals surface area (Å²) in [6, 6.07) is 6.96. The number of rotatable bonds is 5. The molecule has 0 saturated carbocycles. The third-order valence-corrected chi connectivity index (χ3v) is 5.15. The van der Waals surface area contributed by atoms with Crippen LogP contribution in [0.15, 0.2) is 18.2 Å². The minimum Gasteiger partial charge on any atom is -0.309 e. The van der Waals surface area contributed by atoms with E-state index in [0.717, 1.165) is 31.7 Å². The summed E-state index contributed by atoms with van der Waals surface area (Å²) < 4.78 is 0. The van der Waals surface area contributed by atoms with Crippen LogP contribution in [-0.2, 0) is 6.54 Å². The average molecular weight is 289 g/mol. The molecule has 1 fully saturated rings. The zero-order chi connectivity index (χ0) is 15.5. The van der Waals surface area contributed by atoms with Crippen LogP contribution in [0.5, 0.6) is 0 Å². The normalized spacial score (nSPS) is 28.5. The van der Waals surface area contributed by atoms with Gasteiger partial charge in [-0.05, 0) is 38.3 Å². The lowest BCUT2D eigenvalue weighted by Crippen LogP contribution is -2.63. The molecular formula is C18H31N3. The fourth-order valence-electron chi connectivity index (χ4n) is 3.24. The van der Waals surface area contributed by atoms with Gasteiger partial charge in [-0.15, -0.1) is 0 Å². The van der Waals surface area contributed by atoms with Crippen molar-refractivity contribution in [3.63, 3.8) is 0 Å². The van der Waals surface area contributed by atoms with Crippen LogP contribution < -0.4 is 5.32 Å². The van der Waals surface area contributed by atoms with E-state index in [1.807, 2.05) is 0 Å². The molecule has 118 valence electrons. The van der Waals surface area contributed by atoms with Crippen molar-refractivity contribution >= 4 is 0 Å². The molecule has 0 radical (unpaired) electrons. The molecule has 1 aromatic heterocycles. The van der Waals surface area contributed by atoms with E-state index in [9.17, 15) is 0 Å². The van der Waals surface area contributed by atoms with Gasteiger partial charge in [0.1, 0.15) is 0 Å². The Morgan fingerprint density at radius 1 is 1.43 bits per heavy atom. The number of aryl methyl sites for hydroxylation is 1. The van der Waals surface area contributed by atoms with Gasteiger partial charge in [0.2, 0.25) is 0 Å². The molecule has 1 saturated heterocycles. The van der Waals surface area contributed by atoms with Crippen molar-refractivity contribution in [1.82, 2.24) is 15.2 Å². The van der Waals surface area contributed by atoms with Crippen LogP contribution in [0.25, 0.3) is 0 Å². The van der Waals surface area contributed by atoms with Crippen LogP contribution in [0.2, 0.25) is 0 Å². The zero-order valence-corrected chi connectivity index (χ0v) is 14.3. The fraction of sp³-hybridized carbons (Fsp3) is 0.722. The summed E-state index contributed by atoms with van der Waals surface area (Å²) in [5.74, 6) is 0.712. The Labute approximate surface area is 130 Å². The highest BCUT2D eigenvalue weighted by Crippen LogP contribution is 2.25. The van der Waals surface area contributed by atoms with Gasteiger partial charge in [-0.25, -0.2) is 0 Å². The van der Waals surface area contributed by atoms with E-state index in [1.165, 1.54) is 12.1 Å². The van der Waals surface area contributed by atoms with Crippen molar-refractivity contribution in [2.75, 3.05) is 13.1 Å². The van der Waals surface area contributed by atoms with Crippen molar-refractivity contribution in [2.24, 2.45) is 5.92 Å². The summed E-state index contributed by atoms with van der Waals surface area (Å²) in [5, 5.41) is 3.78. The minimum atomic E-state index is 0.230. The lowest BCUT2D eigenvalue weighted by atomic mass is 9.88. The standard InChI is InChI=1S/C18H31N3/c1-6-14(3)17-11-19-18(5,7-2)13-21(17)12-16-10-8-9-15(4)20-16/h8-10,14,17,19H,6-7,11-13H2,1-5H3. The van der Waals surface area contributed by atoms with E-state index in [2.05, 4.69) is 63.0 Å². The molecule has 3 nitrogen and oxygen atoms in total. The summed E-state index contributed by atoms with van der Waals surface area (Å²) in [4.78, 5) is 7.35. The molecule has 1 N–H and O–H groups in total. The van der Waals surface area contributed by atoms with Crippen molar-refractivity contribution in [3.8, 4) is 0 Å². The number of piperazine rings is 1. The second kappa shape index (κ2) is 6.89. The van der Waals surface area contributed by atoms with Crippen LogP contribution >= 0.6 is 0 Å². The Morgan fingerprint density at radius 3 is 2.81 bits per heavy atom. The molecule has 2 heterocycles. The van der Waals surface area contributed by atoms with Crippen LogP contribution in [0.3, 0.4) is 0 Å². The van der Waals surface area contributed by atoms with Crippen molar-refractivity contribution < 1.29 is 0 Å². The van der Waals surface area contributed by atoms with Crippen molar-refractivity contribution in [1.29, 1.82) is 0 Å². The summed E-state index contributed by atoms with van der Waals surface area (Å²) >= 11 is 0. The molecule has 1 aliphatic rings. The Balaban J connectivity index is 2.16. The number of nitrogens with one attached hydrogen (secondary N) is 1. The molecule has 1 aromatic rings. The molecule has 3 atom stereocenters. The van der Waals surface area contributed by atoms with Gasteiger partial charge in [0, 0.05) is 36.9 Å². The van der Waals surface area contributed by atoms with Gasteiger partial charge < -0.3 is 5.32 Å². The number of pyridine rings is 1. The van der Waals surface area contributed by atoms with Gasteiger partial charge in [-0.3, -0.25) is 9.88 Å². The topological polar surface area (TPSA) is 28.2 Å².